The first-order valence-corrected chi connectivity index (χ1v) is 5.42. The minimum absolute atomic E-state index is 0.0731. The summed E-state index contributed by atoms with van der Waals surface area (Å²) in [5.41, 5.74) is 2.10. The molecule has 1 aliphatic heterocycles. The van der Waals surface area contributed by atoms with Crippen LogP contribution in [0, 0.1) is 0 Å². The second kappa shape index (κ2) is 6.58. The molecule has 0 aromatic rings. The van der Waals surface area contributed by atoms with Gasteiger partial charge in [-0.05, 0) is 25.3 Å². The molecule has 0 aromatic heterocycles. The van der Waals surface area contributed by atoms with Crippen molar-refractivity contribution >= 4 is 5.91 Å². The van der Waals surface area contributed by atoms with Gasteiger partial charge in [-0.25, -0.2) is 0 Å². The van der Waals surface area contributed by atoms with Crippen LogP contribution < -0.4 is 10.6 Å². The van der Waals surface area contributed by atoms with E-state index < -0.39 is 0 Å². The quantitative estimate of drug-likeness (QED) is 0.496. The molecule has 0 aliphatic carbocycles. The molecule has 4 heteroatoms. The molecule has 0 spiro atoms. The van der Waals surface area contributed by atoms with Gasteiger partial charge in [0.25, 0.3) is 0 Å². The van der Waals surface area contributed by atoms with Crippen molar-refractivity contribution in [3.63, 3.8) is 0 Å². The van der Waals surface area contributed by atoms with Gasteiger partial charge in [0.1, 0.15) is 0 Å². The lowest BCUT2D eigenvalue weighted by Crippen LogP contribution is -2.37. The molecular formula is C11H20N2O2. The van der Waals surface area contributed by atoms with Crippen LogP contribution >= 0.6 is 0 Å². The van der Waals surface area contributed by atoms with Crippen molar-refractivity contribution in [2.75, 3.05) is 33.4 Å². The third kappa shape index (κ3) is 4.01. The Labute approximate surface area is 91.1 Å². The fourth-order valence-corrected chi connectivity index (χ4v) is 1.38. The Balaban J connectivity index is 2.13. The summed E-state index contributed by atoms with van der Waals surface area (Å²) in [6, 6.07) is 0. The van der Waals surface area contributed by atoms with E-state index in [1.54, 1.807) is 7.11 Å². The van der Waals surface area contributed by atoms with Crippen LogP contribution in [0.1, 0.15) is 19.8 Å². The van der Waals surface area contributed by atoms with Crippen molar-refractivity contribution in [3.8, 4) is 0 Å². The summed E-state index contributed by atoms with van der Waals surface area (Å²) in [4.78, 5) is 11.6. The first-order valence-electron chi connectivity index (χ1n) is 5.42. The predicted octanol–water partition coefficient (Wildman–Crippen LogP) is 0.449. The number of nitrogens with one attached hydrogen (secondary N) is 2. The van der Waals surface area contributed by atoms with Gasteiger partial charge in [-0.3, -0.25) is 4.79 Å². The van der Waals surface area contributed by atoms with E-state index in [4.69, 9.17) is 4.74 Å². The van der Waals surface area contributed by atoms with Crippen molar-refractivity contribution in [2.24, 2.45) is 0 Å². The zero-order valence-corrected chi connectivity index (χ0v) is 9.56. The Morgan fingerprint density at radius 1 is 1.47 bits per heavy atom. The molecule has 1 fully saturated rings. The molecule has 1 saturated heterocycles. The minimum atomic E-state index is 0.0731. The summed E-state index contributed by atoms with van der Waals surface area (Å²) >= 11 is 0. The van der Waals surface area contributed by atoms with Crippen molar-refractivity contribution < 1.29 is 9.53 Å². The normalized spacial score (nSPS) is 14.7. The average molecular weight is 212 g/mol. The highest BCUT2D eigenvalue weighted by molar-refractivity contribution is 5.93. The number of hydrogen-bond donors (Lipinski definition) is 2. The minimum Gasteiger partial charge on any atom is -0.385 e. The fraction of sp³-hybridized carbons (Fsp3) is 0.727. The van der Waals surface area contributed by atoms with Crippen LogP contribution in [0.15, 0.2) is 11.1 Å². The van der Waals surface area contributed by atoms with Crippen LogP contribution in [0.5, 0.6) is 0 Å². The Bertz CT molecular complexity index is 243. The third-order valence-electron chi connectivity index (χ3n) is 2.61. The van der Waals surface area contributed by atoms with Crippen molar-refractivity contribution in [1.82, 2.24) is 10.6 Å². The molecule has 1 heterocycles. The predicted molar refractivity (Wildman–Crippen MR) is 59.7 cm³/mol. The van der Waals surface area contributed by atoms with E-state index in [2.05, 4.69) is 10.6 Å². The standard InChI is InChI=1S/C11H20N2O2/c1-9(10-7-12-8-10)11(14)13-5-3-4-6-15-2/h12H,3-8H2,1-2H3,(H,13,14). The lowest BCUT2D eigenvalue weighted by atomic mass is 10.0. The van der Waals surface area contributed by atoms with E-state index in [0.29, 0.717) is 0 Å². The van der Waals surface area contributed by atoms with E-state index in [1.165, 1.54) is 5.57 Å². The molecule has 15 heavy (non-hydrogen) atoms. The van der Waals surface area contributed by atoms with Crippen LogP contribution in [0.3, 0.4) is 0 Å². The SMILES string of the molecule is COCCCCNC(=O)C(C)=C1CNC1. The molecule has 1 aliphatic rings. The second-order valence-corrected chi connectivity index (χ2v) is 3.79. The van der Waals surface area contributed by atoms with Gasteiger partial charge in [-0.15, -0.1) is 0 Å². The van der Waals surface area contributed by atoms with Gasteiger partial charge in [0.2, 0.25) is 5.91 Å². The van der Waals surface area contributed by atoms with Gasteiger partial charge in [0.15, 0.2) is 0 Å². The van der Waals surface area contributed by atoms with Crippen molar-refractivity contribution in [1.29, 1.82) is 0 Å². The van der Waals surface area contributed by atoms with Gasteiger partial charge in [-0.1, -0.05) is 0 Å². The van der Waals surface area contributed by atoms with Gasteiger partial charge < -0.3 is 15.4 Å². The zero-order chi connectivity index (χ0) is 11.1. The largest absolute Gasteiger partial charge is 0.385 e. The van der Waals surface area contributed by atoms with Crippen LogP contribution in [-0.4, -0.2) is 39.3 Å². The number of unbranched alkanes of at least 4 members (excludes halogenated alkanes) is 1. The first-order chi connectivity index (χ1) is 7.25. The molecule has 0 radical (unpaired) electrons. The van der Waals surface area contributed by atoms with Gasteiger partial charge in [0, 0.05) is 38.9 Å². The van der Waals surface area contributed by atoms with Crippen LogP contribution in [0.4, 0.5) is 0 Å². The molecule has 0 saturated carbocycles. The summed E-state index contributed by atoms with van der Waals surface area (Å²) in [6.45, 7) is 5.12. The monoisotopic (exact) mass is 212 g/mol. The number of hydrogen-bond acceptors (Lipinski definition) is 3. The molecule has 1 amide bonds. The molecule has 2 N–H and O–H groups in total. The molecule has 0 aromatic carbocycles. The van der Waals surface area contributed by atoms with Crippen molar-refractivity contribution in [3.05, 3.63) is 11.1 Å². The summed E-state index contributed by atoms with van der Waals surface area (Å²) in [7, 11) is 1.69. The highest BCUT2D eigenvalue weighted by Crippen LogP contribution is 2.08. The molecular weight excluding hydrogens is 192 g/mol. The molecule has 1 rings (SSSR count). The fourth-order valence-electron chi connectivity index (χ4n) is 1.38. The number of carbonyl (C=O) groups is 1. The Morgan fingerprint density at radius 2 is 2.20 bits per heavy atom. The zero-order valence-electron chi connectivity index (χ0n) is 9.56. The Hall–Kier alpha value is -0.870. The van der Waals surface area contributed by atoms with E-state index in [-0.39, 0.29) is 5.91 Å². The average Bonchev–Trinajstić information content (AvgIpc) is 2.14. The second-order valence-electron chi connectivity index (χ2n) is 3.79. The maximum absolute atomic E-state index is 11.6. The first kappa shape index (κ1) is 12.2. The number of ether oxygens (including phenoxy) is 1. The van der Waals surface area contributed by atoms with E-state index >= 15 is 0 Å². The maximum Gasteiger partial charge on any atom is 0.246 e. The molecule has 4 nitrogen and oxygen atoms in total. The molecule has 86 valence electrons. The Kier molecular flexibility index (Phi) is 5.36. The van der Waals surface area contributed by atoms with Gasteiger partial charge in [0.05, 0.1) is 0 Å². The lowest BCUT2D eigenvalue weighted by molar-refractivity contribution is -0.117. The lowest BCUT2D eigenvalue weighted by Gasteiger charge is -2.21. The summed E-state index contributed by atoms with van der Waals surface area (Å²) in [5, 5.41) is 6.04. The van der Waals surface area contributed by atoms with E-state index in [9.17, 15) is 4.79 Å². The van der Waals surface area contributed by atoms with E-state index in [0.717, 1.165) is 44.7 Å². The smallest absolute Gasteiger partial charge is 0.246 e. The molecule has 0 unspecified atom stereocenters. The number of carbonyl (C=O) groups excluding carboxylic acids is 1. The number of amides is 1. The van der Waals surface area contributed by atoms with Gasteiger partial charge in [-0.2, -0.15) is 0 Å². The number of methoxy groups -OCH3 is 1. The van der Waals surface area contributed by atoms with E-state index in [1.807, 2.05) is 6.92 Å². The summed E-state index contributed by atoms with van der Waals surface area (Å²) < 4.78 is 4.93. The topological polar surface area (TPSA) is 50.4 Å². The van der Waals surface area contributed by atoms with Crippen LogP contribution in [-0.2, 0) is 9.53 Å². The summed E-state index contributed by atoms with van der Waals surface area (Å²) in [6.07, 6.45) is 1.97. The highest BCUT2D eigenvalue weighted by Gasteiger charge is 2.15. The van der Waals surface area contributed by atoms with Gasteiger partial charge >= 0.3 is 0 Å². The highest BCUT2D eigenvalue weighted by atomic mass is 16.5. The maximum atomic E-state index is 11.6. The van der Waals surface area contributed by atoms with Crippen LogP contribution in [0.2, 0.25) is 0 Å². The molecule has 0 atom stereocenters. The Morgan fingerprint density at radius 3 is 2.73 bits per heavy atom. The van der Waals surface area contributed by atoms with Crippen LogP contribution in [0.25, 0.3) is 0 Å². The molecule has 0 bridgehead atoms. The summed E-state index contributed by atoms with van der Waals surface area (Å²) in [5.74, 6) is 0.0731. The van der Waals surface area contributed by atoms with Crippen molar-refractivity contribution in [2.45, 2.75) is 19.8 Å². The third-order valence-corrected chi connectivity index (χ3v) is 2.61. The number of rotatable bonds is 6.